The van der Waals surface area contributed by atoms with E-state index in [1.165, 1.54) is 5.56 Å². The zero-order valence-corrected chi connectivity index (χ0v) is 11.9. The minimum Gasteiger partial charge on any atom is -0.264 e. The summed E-state index contributed by atoms with van der Waals surface area (Å²) in [4.78, 5) is 4.21. The van der Waals surface area contributed by atoms with Gasteiger partial charge in [-0.15, -0.1) is 0 Å². The molecule has 20 heavy (non-hydrogen) atoms. The number of hydrogen-bond donors (Lipinski definition) is 1. The molecule has 0 spiro atoms. The van der Waals surface area contributed by atoms with Gasteiger partial charge >= 0.3 is 0 Å². The summed E-state index contributed by atoms with van der Waals surface area (Å²) in [6.07, 6.45) is 3.68. The quantitative estimate of drug-likeness (QED) is 0.943. The first-order valence-electron chi connectivity index (χ1n) is 6.47. The number of nitrogens with zero attached hydrogens (tertiary/aromatic N) is 3. The van der Waals surface area contributed by atoms with Gasteiger partial charge < -0.3 is 0 Å². The third-order valence-corrected chi connectivity index (χ3v) is 3.65. The summed E-state index contributed by atoms with van der Waals surface area (Å²) in [7, 11) is 1.87. The Labute approximate surface area is 123 Å². The van der Waals surface area contributed by atoms with E-state index >= 15 is 0 Å². The van der Waals surface area contributed by atoms with E-state index < -0.39 is 0 Å². The first-order valence-corrected chi connectivity index (χ1v) is 6.85. The van der Waals surface area contributed by atoms with E-state index in [1.54, 1.807) is 6.20 Å². The van der Waals surface area contributed by atoms with Crippen molar-refractivity contribution in [2.45, 2.75) is 5.92 Å². The summed E-state index contributed by atoms with van der Waals surface area (Å²) in [5.74, 6) is 0.206. The van der Waals surface area contributed by atoms with Crippen molar-refractivity contribution in [1.82, 2.24) is 15.5 Å². The summed E-state index contributed by atoms with van der Waals surface area (Å²) in [5, 5.41) is 7.21. The molecule has 1 atom stereocenters. The van der Waals surface area contributed by atoms with Crippen LogP contribution in [0.1, 0.15) is 17.0 Å². The van der Waals surface area contributed by atoms with Gasteiger partial charge in [0.2, 0.25) is 0 Å². The van der Waals surface area contributed by atoms with Crippen molar-refractivity contribution in [1.29, 1.82) is 0 Å². The van der Waals surface area contributed by atoms with Crippen LogP contribution in [0, 0.1) is 0 Å². The Morgan fingerprint density at radius 2 is 2.05 bits per heavy atom. The molecule has 1 aromatic heterocycles. The van der Waals surface area contributed by atoms with E-state index in [0.717, 1.165) is 22.8 Å². The van der Waals surface area contributed by atoms with Gasteiger partial charge in [0.1, 0.15) is 0 Å². The molecular weight excluding hydrogens is 272 g/mol. The number of hydrazone groups is 1. The standard InChI is InChI=1S/C15H15ClN4/c1-17-20-10-14(12-3-2-8-18-9-12)15(19-20)11-4-6-13(16)7-5-11/h2-9,14,17H,10H2,1H3. The van der Waals surface area contributed by atoms with Crippen molar-refractivity contribution < 1.29 is 0 Å². The lowest BCUT2D eigenvalue weighted by molar-refractivity contribution is 0.237. The van der Waals surface area contributed by atoms with E-state index in [4.69, 9.17) is 11.6 Å². The number of halogens is 1. The first-order chi connectivity index (χ1) is 9.78. The van der Waals surface area contributed by atoms with Crippen molar-refractivity contribution in [3.63, 3.8) is 0 Å². The van der Waals surface area contributed by atoms with Gasteiger partial charge in [-0.3, -0.25) is 4.98 Å². The smallest absolute Gasteiger partial charge is 0.0787 e. The summed E-state index contributed by atoms with van der Waals surface area (Å²) in [6.45, 7) is 0.792. The second kappa shape index (κ2) is 5.61. The monoisotopic (exact) mass is 286 g/mol. The number of pyridine rings is 1. The molecule has 0 aliphatic carbocycles. The maximum Gasteiger partial charge on any atom is 0.0787 e. The second-order valence-electron chi connectivity index (χ2n) is 4.64. The van der Waals surface area contributed by atoms with Crippen molar-refractivity contribution in [3.8, 4) is 0 Å². The zero-order valence-electron chi connectivity index (χ0n) is 11.1. The highest BCUT2D eigenvalue weighted by Crippen LogP contribution is 2.27. The SMILES string of the molecule is CNN1CC(c2cccnc2)C(c2ccc(Cl)cc2)=N1. The molecule has 0 saturated heterocycles. The predicted octanol–water partition coefficient (Wildman–Crippen LogP) is 2.67. The van der Waals surface area contributed by atoms with Crippen LogP contribution in [0.15, 0.2) is 53.9 Å². The highest BCUT2D eigenvalue weighted by atomic mass is 35.5. The zero-order chi connectivity index (χ0) is 13.9. The van der Waals surface area contributed by atoms with Gasteiger partial charge in [-0.25, -0.2) is 10.5 Å². The average Bonchev–Trinajstić information content (AvgIpc) is 2.93. The summed E-state index contributed by atoms with van der Waals surface area (Å²) >= 11 is 5.96. The van der Waals surface area contributed by atoms with Crippen LogP contribution in [0.4, 0.5) is 0 Å². The highest BCUT2D eigenvalue weighted by Gasteiger charge is 2.28. The van der Waals surface area contributed by atoms with Crippen LogP contribution in [0.2, 0.25) is 5.02 Å². The molecule has 0 saturated carbocycles. The average molecular weight is 287 g/mol. The normalized spacial score (nSPS) is 18.2. The van der Waals surface area contributed by atoms with Gasteiger partial charge in [0, 0.05) is 24.5 Å². The minimum absolute atomic E-state index is 0.206. The molecule has 3 rings (SSSR count). The van der Waals surface area contributed by atoms with Gasteiger partial charge in [-0.1, -0.05) is 29.8 Å². The van der Waals surface area contributed by atoms with Gasteiger partial charge in [-0.05, 0) is 29.3 Å². The second-order valence-corrected chi connectivity index (χ2v) is 5.07. The van der Waals surface area contributed by atoms with E-state index in [0.29, 0.717) is 0 Å². The van der Waals surface area contributed by atoms with Gasteiger partial charge in [0.05, 0.1) is 18.2 Å². The Morgan fingerprint density at radius 3 is 2.70 bits per heavy atom. The van der Waals surface area contributed by atoms with E-state index in [9.17, 15) is 0 Å². The molecule has 1 N–H and O–H groups in total. The van der Waals surface area contributed by atoms with E-state index in [-0.39, 0.29) is 5.92 Å². The maximum atomic E-state index is 5.96. The summed E-state index contributed by atoms with van der Waals surface area (Å²) < 4.78 is 0. The fourth-order valence-corrected chi connectivity index (χ4v) is 2.49. The van der Waals surface area contributed by atoms with Crippen LogP contribution in [0.5, 0.6) is 0 Å². The molecule has 2 heterocycles. The Bertz CT molecular complexity index is 610. The largest absolute Gasteiger partial charge is 0.264 e. The third-order valence-electron chi connectivity index (χ3n) is 3.40. The number of nitrogens with one attached hydrogen (secondary N) is 1. The van der Waals surface area contributed by atoms with Crippen LogP contribution in [0.3, 0.4) is 0 Å². The molecule has 4 nitrogen and oxygen atoms in total. The molecule has 2 aromatic rings. The topological polar surface area (TPSA) is 40.5 Å². The molecule has 102 valence electrons. The van der Waals surface area contributed by atoms with Gasteiger partial charge in [0.25, 0.3) is 0 Å². The fraction of sp³-hybridized carbons (Fsp3) is 0.200. The van der Waals surface area contributed by atoms with Gasteiger partial charge in [0.15, 0.2) is 0 Å². The lowest BCUT2D eigenvalue weighted by Crippen LogP contribution is -2.29. The number of hydrazine groups is 1. The Hall–Kier alpha value is -1.91. The van der Waals surface area contributed by atoms with Crippen LogP contribution in [-0.4, -0.2) is 29.4 Å². The van der Waals surface area contributed by atoms with Crippen molar-refractivity contribution >= 4 is 17.3 Å². The van der Waals surface area contributed by atoms with E-state index in [1.807, 2.05) is 48.7 Å². The van der Waals surface area contributed by atoms with Crippen LogP contribution >= 0.6 is 11.6 Å². The molecule has 1 aromatic carbocycles. The number of rotatable bonds is 3. The first kappa shape index (κ1) is 13.1. The minimum atomic E-state index is 0.206. The molecule has 0 bridgehead atoms. The summed E-state index contributed by atoms with van der Waals surface area (Å²) in [5.41, 5.74) is 6.36. The lowest BCUT2D eigenvalue weighted by Gasteiger charge is -2.14. The molecule has 1 aliphatic rings. The molecular formula is C15H15ClN4. The van der Waals surface area contributed by atoms with Crippen molar-refractivity contribution in [2.75, 3.05) is 13.6 Å². The number of aromatic nitrogens is 1. The highest BCUT2D eigenvalue weighted by molar-refractivity contribution is 6.30. The number of benzene rings is 1. The predicted molar refractivity (Wildman–Crippen MR) is 80.7 cm³/mol. The van der Waals surface area contributed by atoms with Crippen LogP contribution < -0.4 is 5.43 Å². The Morgan fingerprint density at radius 1 is 1.25 bits per heavy atom. The Kier molecular flexibility index (Phi) is 3.67. The number of hydrogen-bond acceptors (Lipinski definition) is 4. The Balaban J connectivity index is 1.98. The van der Waals surface area contributed by atoms with E-state index in [2.05, 4.69) is 21.6 Å². The molecule has 0 amide bonds. The van der Waals surface area contributed by atoms with Gasteiger partial charge in [-0.2, -0.15) is 5.10 Å². The molecule has 0 fully saturated rings. The third kappa shape index (κ3) is 2.53. The fourth-order valence-electron chi connectivity index (χ4n) is 2.37. The lowest BCUT2D eigenvalue weighted by atomic mass is 9.92. The maximum absolute atomic E-state index is 5.96. The van der Waals surface area contributed by atoms with Crippen molar-refractivity contribution in [2.24, 2.45) is 5.10 Å². The molecule has 5 heteroatoms. The van der Waals surface area contributed by atoms with Crippen molar-refractivity contribution in [3.05, 3.63) is 64.9 Å². The molecule has 1 unspecified atom stereocenters. The summed E-state index contributed by atoms with van der Waals surface area (Å²) in [6, 6.07) is 11.8. The molecule has 1 aliphatic heterocycles. The van der Waals surface area contributed by atoms with Crippen LogP contribution in [0.25, 0.3) is 0 Å². The molecule has 0 radical (unpaired) electrons. The van der Waals surface area contributed by atoms with Crippen LogP contribution in [-0.2, 0) is 0 Å².